The van der Waals surface area contributed by atoms with E-state index in [4.69, 9.17) is 4.74 Å². The number of hydrogen-bond acceptors (Lipinski definition) is 3. The number of methoxy groups -OCH3 is 1. The predicted molar refractivity (Wildman–Crippen MR) is 82.5 cm³/mol. The first-order valence-electron chi connectivity index (χ1n) is 6.93. The summed E-state index contributed by atoms with van der Waals surface area (Å²) >= 11 is 3.48. The van der Waals surface area contributed by atoms with Crippen LogP contribution in [-0.2, 0) is 16.1 Å². The van der Waals surface area contributed by atoms with Gasteiger partial charge in [-0.1, -0.05) is 28.1 Å². The van der Waals surface area contributed by atoms with E-state index in [1.165, 1.54) is 5.56 Å². The first kappa shape index (κ1) is 15.5. The molecule has 0 aromatic heterocycles. The number of ether oxygens (including phenoxy) is 1. The highest BCUT2D eigenvalue weighted by atomic mass is 79.9. The quantitative estimate of drug-likeness (QED) is 0.893. The second-order valence-corrected chi connectivity index (χ2v) is 6.01. The van der Waals surface area contributed by atoms with Crippen molar-refractivity contribution < 1.29 is 9.53 Å². The molecule has 0 atom stereocenters. The van der Waals surface area contributed by atoms with Crippen molar-refractivity contribution in [2.45, 2.75) is 25.4 Å². The van der Waals surface area contributed by atoms with Gasteiger partial charge < -0.3 is 15.0 Å². The maximum absolute atomic E-state index is 11.7. The molecule has 5 heteroatoms. The second-order valence-electron chi connectivity index (χ2n) is 5.10. The highest BCUT2D eigenvalue weighted by Gasteiger charge is 2.22. The average Bonchev–Trinajstić information content (AvgIpc) is 2.46. The Hall–Kier alpha value is -0.910. The molecule has 0 spiro atoms. The SMILES string of the molecule is COCC(=O)N1CCC(NCc2cccc(Br)c2)CC1. The molecule has 0 bridgehead atoms. The van der Waals surface area contributed by atoms with E-state index in [2.05, 4.69) is 33.4 Å². The number of piperidine rings is 1. The molecule has 1 amide bonds. The Labute approximate surface area is 128 Å². The molecule has 1 aliphatic rings. The van der Waals surface area contributed by atoms with E-state index in [9.17, 15) is 4.79 Å². The molecule has 2 rings (SSSR count). The number of carbonyl (C=O) groups excluding carboxylic acids is 1. The Morgan fingerprint density at radius 3 is 2.85 bits per heavy atom. The Bertz CT molecular complexity index is 445. The van der Waals surface area contributed by atoms with Crippen molar-refractivity contribution in [2.75, 3.05) is 26.8 Å². The van der Waals surface area contributed by atoms with Crippen molar-refractivity contribution in [3.8, 4) is 0 Å². The molecule has 0 saturated carbocycles. The monoisotopic (exact) mass is 340 g/mol. The van der Waals surface area contributed by atoms with Gasteiger partial charge in [-0.2, -0.15) is 0 Å². The number of carbonyl (C=O) groups is 1. The molecule has 1 heterocycles. The van der Waals surface area contributed by atoms with Crippen molar-refractivity contribution in [2.24, 2.45) is 0 Å². The third kappa shape index (κ3) is 4.58. The summed E-state index contributed by atoms with van der Waals surface area (Å²) in [7, 11) is 1.56. The molecular formula is C15H21BrN2O2. The maximum atomic E-state index is 11.7. The van der Waals surface area contributed by atoms with E-state index in [0.717, 1.165) is 36.9 Å². The number of likely N-dealkylation sites (tertiary alicyclic amines) is 1. The van der Waals surface area contributed by atoms with E-state index in [1.54, 1.807) is 7.11 Å². The zero-order valence-electron chi connectivity index (χ0n) is 11.8. The number of rotatable bonds is 5. The lowest BCUT2D eigenvalue weighted by atomic mass is 10.0. The number of hydrogen-bond donors (Lipinski definition) is 1. The van der Waals surface area contributed by atoms with Crippen molar-refractivity contribution in [1.29, 1.82) is 0 Å². The number of halogens is 1. The number of nitrogens with one attached hydrogen (secondary N) is 1. The van der Waals surface area contributed by atoms with Crippen LogP contribution < -0.4 is 5.32 Å². The van der Waals surface area contributed by atoms with E-state index >= 15 is 0 Å². The number of amides is 1. The Kier molecular flexibility index (Phi) is 6.01. The van der Waals surface area contributed by atoms with Gasteiger partial charge in [-0.3, -0.25) is 4.79 Å². The highest BCUT2D eigenvalue weighted by Crippen LogP contribution is 2.14. The van der Waals surface area contributed by atoms with Crippen LogP contribution in [0.15, 0.2) is 28.7 Å². The minimum Gasteiger partial charge on any atom is -0.375 e. The van der Waals surface area contributed by atoms with Crippen LogP contribution in [-0.4, -0.2) is 43.7 Å². The van der Waals surface area contributed by atoms with Crippen LogP contribution in [0.3, 0.4) is 0 Å². The Balaban J connectivity index is 1.73. The summed E-state index contributed by atoms with van der Waals surface area (Å²) in [6.45, 7) is 2.70. The van der Waals surface area contributed by atoms with Gasteiger partial charge in [0.05, 0.1) is 0 Å². The minimum atomic E-state index is 0.0953. The van der Waals surface area contributed by atoms with Gasteiger partial charge in [0, 0.05) is 37.3 Å². The molecule has 1 aromatic rings. The second kappa shape index (κ2) is 7.76. The van der Waals surface area contributed by atoms with Crippen LogP contribution in [0.1, 0.15) is 18.4 Å². The van der Waals surface area contributed by atoms with Crippen molar-refractivity contribution in [3.05, 3.63) is 34.3 Å². The van der Waals surface area contributed by atoms with Gasteiger partial charge in [0.15, 0.2) is 0 Å². The summed E-state index contributed by atoms with van der Waals surface area (Å²) in [6.07, 6.45) is 2.01. The Morgan fingerprint density at radius 2 is 2.20 bits per heavy atom. The normalized spacial score (nSPS) is 16.4. The van der Waals surface area contributed by atoms with Gasteiger partial charge in [0.25, 0.3) is 0 Å². The third-order valence-electron chi connectivity index (χ3n) is 3.60. The molecule has 4 nitrogen and oxygen atoms in total. The summed E-state index contributed by atoms with van der Waals surface area (Å²) in [5.74, 6) is 0.0953. The number of benzene rings is 1. The van der Waals surface area contributed by atoms with Crippen LogP contribution in [0.4, 0.5) is 0 Å². The average molecular weight is 341 g/mol. The standard InChI is InChI=1S/C15H21BrN2O2/c1-20-11-15(19)18-7-5-14(6-8-18)17-10-12-3-2-4-13(16)9-12/h2-4,9,14,17H,5-8,10-11H2,1H3. The summed E-state index contributed by atoms with van der Waals surface area (Å²) < 4.78 is 6.00. The molecule has 1 saturated heterocycles. The fourth-order valence-corrected chi connectivity index (χ4v) is 2.90. The predicted octanol–water partition coefficient (Wildman–Crippen LogP) is 2.18. The first-order valence-corrected chi connectivity index (χ1v) is 7.73. The van der Waals surface area contributed by atoms with Crippen LogP contribution in [0.2, 0.25) is 0 Å². The number of nitrogens with zero attached hydrogens (tertiary/aromatic N) is 1. The molecule has 20 heavy (non-hydrogen) atoms. The molecule has 1 N–H and O–H groups in total. The smallest absolute Gasteiger partial charge is 0.248 e. The van der Waals surface area contributed by atoms with Crippen LogP contribution in [0.25, 0.3) is 0 Å². The van der Waals surface area contributed by atoms with E-state index < -0.39 is 0 Å². The first-order chi connectivity index (χ1) is 9.69. The van der Waals surface area contributed by atoms with Gasteiger partial charge in [0.1, 0.15) is 6.61 Å². The van der Waals surface area contributed by atoms with Crippen molar-refractivity contribution in [1.82, 2.24) is 10.2 Å². The summed E-state index contributed by atoms with van der Waals surface area (Å²) in [4.78, 5) is 13.6. The fraction of sp³-hybridized carbons (Fsp3) is 0.533. The van der Waals surface area contributed by atoms with Gasteiger partial charge in [-0.15, -0.1) is 0 Å². The molecule has 1 aromatic carbocycles. The molecular weight excluding hydrogens is 320 g/mol. The van der Waals surface area contributed by atoms with Gasteiger partial charge in [-0.05, 0) is 30.5 Å². The van der Waals surface area contributed by atoms with Gasteiger partial charge in [-0.25, -0.2) is 0 Å². The molecule has 0 aliphatic carbocycles. The molecule has 0 unspecified atom stereocenters. The maximum Gasteiger partial charge on any atom is 0.248 e. The zero-order chi connectivity index (χ0) is 14.4. The van der Waals surface area contributed by atoms with Crippen LogP contribution in [0, 0.1) is 0 Å². The topological polar surface area (TPSA) is 41.6 Å². The lowest BCUT2D eigenvalue weighted by Gasteiger charge is -2.32. The zero-order valence-corrected chi connectivity index (χ0v) is 13.4. The van der Waals surface area contributed by atoms with E-state index in [1.807, 2.05) is 17.0 Å². The van der Waals surface area contributed by atoms with Crippen LogP contribution in [0.5, 0.6) is 0 Å². The fourth-order valence-electron chi connectivity index (χ4n) is 2.46. The lowest BCUT2D eigenvalue weighted by molar-refractivity contribution is -0.136. The summed E-state index contributed by atoms with van der Waals surface area (Å²) in [5.41, 5.74) is 1.28. The van der Waals surface area contributed by atoms with E-state index in [-0.39, 0.29) is 12.5 Å². The summed E-state index contributed by atoms with van der Waals surface area (Å²) in [6, 6.07) is 8.82. The highest BCUT2D eigenvalue weighted by molar-refractivity contribution is 9.10. The Morgan fingerprint density at radius 1 is 1.45 bits per heavy atom. The molecule has 1 aliphatic heterocycles. The van der Waals surface area contributed by atoms with Crippen molar-refractivity contribution >= 4 is 21.8 Å². The summed E-state index contributed by atoms with van der Waals surface area (Å²) in [5, 5.41) is 3.57. The van der Waals surface area contributed by atoms with Gasteiger partial charge in [0.2, 0.25) is 5.91 Å². The largest absolute Gasteiger partial charge is 0.375 e. The van der Waals surface area contributed by atoms with E-state index in [0.29, 0.717) is 6.04 Å². The molecule has 0 radical (unpaired) electrons. The lowest BCUT2D eigenvalue weighted by Crippen LogP contribution is -2.45. The minimum absolute atomic E-state index is 0.0953. The molecule has 1 fully saturated rings. The van der Waals surface area contributed by atoms with Crippen LogP contribution >= 0.6 is 15.9 Å². The van der Waals surface area contributed by atoms with Crippen molar-refractivity contribution in [3.63, 3.8) is 0 Å². The van der Waals surface area contributed by atoms with Gasteiger partial charge >= 0.3 is 0 Å². The third-order valence-corrected chi connectivity index (χ3v) is 4.09. The molecule has 110 valence electrons.